The second kappa shape index (κ2) is 5.98. The molecule has 1 aliphatic heterocycles. The summed E-state index contributed by atoms with van der Waals surface area (Å²) in [6.07, 6.45) is 2.33. The summed E-state index contributed by atoms with van der Waals surface area (Å²) in [4.78, 5) is 10.8. The number of piperidine rings is 1. The molecule has 1 N–H and O–H groups in total. The van der Waals surface area contributed by atoms with Crippen LogP contribution in [-0.4, -0.2) is 48.2 Å². The zero-order valence-corrected chi connectivity index (χ0v) is 14.4. The Morgan fingerprint density at radius 3 is 3.00 bits per heavy atom. The molecule has 3 heterocycles. The van der Waals surface area contributed by atoms with Gasteiger partial charge in [0.1, 0.15) is 5.82 Å². The molecule has 0 bridgehead atoms. The SMILES string of the molecule is Cc1ccc2nc(C3CCCN(C(C)c4nnnn4C)C3)[nH]c2c1. The number of likely N-dealkylation sites (tertiary alicyclic amines) is 1. The maximum absolute atomic E-state index is 4.82. The number of nitrogens with one attached hydrogen (secondary N) is 1. The van der Waals surface area contributed by atoms with E-state index in [0.717, 1.165) is 42.2 Å². The Kier molecular flexibility index (Phi) is 3.80. The van der Waals surface area contributed by atoms with Crippen molar-refractivity contribution < 1.29 is 0 Å². The van der Waals surface area contributed by atoms with Crippen molar-refractivity contribution in [1.29, 1.82) is 0 Å². The first-order valence-electron chi connectivity index (χ1n) is 8.54. The van der Waals surface area contributed by atoms with E-state index in [2.05, 4.69) is 57.5 Å². The van der Waals surface area contributed by atoms with Crippen LogP contribution in [0.15, 0.2) is 18.2 Å². The fourth-order valence-corrected chi connectivity index (χ4v) is 3.67. The minimum atomic E-state index is 0.208. The van der Waals surface area contributed by atoms with Gasteiger partial charge < -0.3 is 4.98 Å². The first kappa shape index (κ1) is 15.3. The predicted molar refractivity (Wildman–Crippen MR) is 91.6 cm³/mol. The Bertz CT molecular complexity index is 850. The van der Waals surface area contributed by atoms with Gasteiger partial charge in [-0.1, -0.05) is 6.07 Å². The van der Waals surface area contributed by atoms with Crippen molar-refractivity contribution in [2.24, 2.45) is 7.05 Å². The molecule has 4 rings (SSSR count). The highest BCUT2D eigenvalue weighted by molar-refractivity contribution is 5.75. The monoisotopic (exact) mass is 325 g/mol. The van der Waals surface area contributed by atoms with E-state index in [1.54, 1.807) is 4.68 Å². The standard InChI is InChI=1S/C17H23N7/c1-11-6-7-14-15(9-11)19-16(18-14)13-5-4-8-24(10-13)12(2)17-20-21-22-23(17)3/h6-7,9,12-13H,4-5,8,10H2,1-3H3,(H,18,19). The van der Waals surface area contributed by atoms with Crippen LogP contribution in [0.25, 0.3) is 11.0 Å². The van der Waals surface area contributed by atoms with Crippen molar-refractivity contribution in [2.45, 2.75) is 38.6 Å². The van der Waals surface area contributed by atoms with Crippen molar-refractivity contribution in [3.63, 3.8) is 0 Å². The van der Waals surface area contributed by atoms with E-state index in [4.69, 9.17) is 4.98 Å². The van der Waals surface area contributed by atoms with Crippen molar-refractivity contribution in [2.75, 3.05) is 13.1 Å². The Labute approximate surface area is 141 Å². The lowest BCUT2D eigenvalue weighted by molar-refractivity contribution is 0.148. The largest absolute Gasteiger partial charge is 0.342 e. The normalized spacial score (nSPS) is 20.5. The Balaban J connectivity index is 1.56. The summed E-state index contributed by atoms with van der Waals surface area (Å²) in [7, 11) is 1.90. The molecule has 1 aromatic carbocycles. The molecule has 7 heteroatoms. The van der Waals surface area contributed by atoms with Crippen molar-refractivity contribution in [3.05, 3.63) is 35.4 Å². The number of hydrogen-bond acceptors (Lipinski definition) is 5. The van der Waals surface area contributed by atoms with Gasteiger partial charge in [0.2, 0.25) is 0 Å². The molecule has 0 radical (unpaired) electrons. The van der Waals surface area contributed by atoms with Crippen LogP contribution in [0, 0.1) is 6.92 Å². The van der Waals surface area contributed by atoms with E-state index < -0.39 is 0 Å². The highest BCUT2D eigenvalue weighted by atomic mass is 15.5. The number of aryl methyl sites for hydroxylation is 2. The number of benzene rings is 1. The van der Waals surface area contributed by atoms with E-state index in [1.807, 2.05) is 7.05 Å². The fraction of sp³-hybridized carbons (Fsp3) is 0.529. The summed E-state index contributed by atoms with van der Waals surface area (Å²) in [5.74, 6) is 2.44. The lowest BCUT2D eigenvalue weighted by Crippen LogP contribution is -2.37. The predicted octanol–water partition coefficient (Wildman–Crippen LogP) is 2.34. The molecule has 3 aromatic rings. The van der Waals surface area contributed by atoms with E-state index in [1.165, 1.54) is 12.0 Å². The molecule has 0 aliphatic carbocycles. The quantitative estimate of drug-likeness (QED) is 0.800. The molecule has 0 amide bonds. The topological polar surface area (TPSA) is 75.5 Å². The summed E-state index contributed by atoms with van der Waals surface area (Å²) < 4.78 is 1.76. The van der Waals surface area contributed by atoms with Gasteiger partial charge in [-0.25, -0.2) is 9.67 Å². The summed E-state index contributed by atoms with van der Waals surface area (Å²) in [5, 5.41) is 11.9. The Hall–Kier alpha value is -2.28. The zero-order chi connectivity index (χ0) is 16.7. The van der Waals surface area contributed by atoms with Gasteiger partial charge in [0.05, 0.1) is 17.1 Å². The number of aromatic nitrogens is 6. The number of fused-ring (bicyclic) bond motifs is 1. The molecule has 0 spiro atoms. The van der Waals surface area contributed by atoms with Crippen LogP contribution in [0.3, 0.4) is 0 Å². The van der Waals surface area contributed by atoms with Gasteiger partial charge in [-0.05, 0) is 61.4 Å². The van der Waals surface area contributed by atoms with E-state index >= 15 is 0 Å². The maximum Gasteiger partial charge on any atom is 0.167 e. The lowest BCUT2D eigenvalue weighted by atomic mass is 9.96. The summed E-state index contributed by atoms with van der Waals surface area (Å²) in [6, 6.07) is 6.59. The Morgan fingerprint density at radius 1 is 1.33 bits per heavy atom. The van der Waals surface area contributed by atoms with Crippen molar-refractivity contribution in [3.8, 4) is 0 Å². The molecule has 1 saturated heterocycles. The molecule has 2 aromatic heterocycles. The molecule has 2 atom stereocenters. The average molecular weight is 325 g/mol. The van der Waals surface area contributed by atoms with Crippen LogP contribution in [0.4, 0.5) is 0 Å². The third-order valence-electron chi connectivity index (χ3n) is 5.07. The minimum Gasteiger partial charge on any atom is -0.342 e. The number of rotatable bonds is 3. The first-order chi connectivity index (χ1) is 11.6. The number of H-pyrrole nitrogens is 1. The van der Waals surface area contributed by atoms with Crippen molar-refractivity contribution in [1.82, 2.24) is 35.1 Å². The van der Waals surface area contributed by atoms with Crippen LogP contribution in [0.1, 0.15) is 48.9 Å². The van der Waals surface area contributed by atoms with Crippen LogP contribution in [0.2, 0.25) is 0 Å². The minimum absolute atomic E-state index is 0.208. The molecule has 0 saturated carbocycles. The van der Waals surface area contributed by atoms with Gasteiger partial charge in [0.15, 0.2) is 5.82 Å². The average Bonchev–Trinajstić information content (AvgIpc) is 3.20. The molecule has 7 nitrogen and oxygen atoms in total. The molecule has 24 heavy (non-hydrogen) atoms. The lowest BCUT2D eigenvalue weighted by Gasteiger charge is -2.35. The zero-order valence-electron chi connectivity index (χ0n) is 14.4. The molecule has 1 fully saturated rings. The number of imidazole rings is 1. The van der Waals surface area contributed by atoms with Gasteiger partial charge in [-0.2, -0.15) is 0 Å². The molecule has 1 aliphatic rings. The van der Waals surface area contributed by atoms with Crippen molar-refractivity contribution >= 4 is 11.0 Å². The fourth-order valence-electron chi connectivity index (χ4n) is 3.67. The van der Waals surface area contributed by atoms with E-state index in [0.29, 0.717) is 5.92 Å². The summed E-state index contributed by atoms with van der Waals surface area (Å²) in [6.45, 7) is 6.34. The third kappa shape index (κ3) is 2.69. The van der Waals surface area contributed by atoms with Crippen LogP contribution in [0.5, 0.6) is 0 Å². The van der Waals surface area contributed by atoms with Gasteiger partial charge in [0.25, 0.3) is 0 Å². The molecular formula is C17H23N7. The summed E-state index contributed by atoms with van der Waals surface area (Å²) >= 11 is 0. The number of aromatic amines is 1. The first-order valence-corrected chi connectivity index (χ1v) is 8.54. The summed E-state index contributed by atoms with van der Waals surface area (Å²) in [5.41, 5.74) is 3.44. The Morgan fingerprint density at radius 2 is 2.21 bits per heavy atom. The smallest absolute Gasteiger partial charge is 0.167 e. The third-order valence-corrected chi connectivity index (χ3v) is 5.07. The molecular weight excluding hydrogens is 302 g/mol. The van der Waals surface area contributed by atoms with E-state index in [-0.39, 0.29) is 6.04 Å². The van der Waals surface area contributed by atoms with Crippen LogP contribution >= 0.6 is 0 Å². The molecule has 126 valence electrons. The molecule has 2 unspecified atom stereocenters. The van der Waals surface area contributed by atoms with Gasteiger partial charge in [0, 0.05) is 19.5 Å². The van der Waals surface area contributed by atoms with Gasteiger partial charge in [-0.3, -0.25) is 4.90 Å². The maximum atomic E-state index is 4.82. The highest BCUT2D eigenvalue weighted by Crippen LogP contribution is 2.31. The van der Waals surface area contributed by atoms with Crippen LogP contribution < -0.4 is 0 Å². The number of tetrazole rings is 1. The van der Waals surface area contributed by atoms with Gasteiger partial charge in [-0.15, -0.1) is 5.10 Å². The number of hydrogen-bond donors (Lipinski definition) is 1. The number of nitrogens with zero attached hydrogens (tertiary/aromatic N) is 6. The van der Waals surface area contributed by atoms with Gasteiger partial charge >= 0.3 is 0 Å². The second-order valence-corrected chi connectivity index (χ2v) is 6.81. The van der Waals surface area contributed by atoms with E-state index in [9.17, 15) is 0 Å². The van der Waals surface area contributed by atoms with Crippen LogP contribution in [-0.2, 0) is 7.05 Å². The highest BCUT2D eigenvalue weighted by Gasteiger charge is 2.29. The second-order valence-electron chi connectivity index (χ2n) is 6.81.